The highest BCUT2D eigenvalue weighted by atomic mass is 16.7. The smallest absolute Gasteiger partial charge is 0.439 e. The summed E-state index contributed by atoms with van der Waals surface area (Å²) in [5, 5.41) is 7.67. The Bertz CT molecular complexity index is 1060. The highest BCUT2D eigenvalue weighted by Crippen LogP contribution is 2.41. The molecule has 2 aromatic carbocycles. The van der Waals surface area contributed by atoms with Gasteiger partial charge < -0.3 is 15.2 Å². The highest BCUT2D eigenvalue weighted by Gasteiger charge is 2.53. The van der Waals surface area contributed by atoms with E-state index in [4.69, 9.17) is 20.0 Å². The van der Waals surface area contributed by atoms with Crippen molar-refractivity contribution in [2.75, 3.05) is 12.2 Å². The van der Waals surface area contributed by atoms with Crippen LogP contribution in [0.4, 0.5) is 10.5 Å². The average molecular weight is 422 g/mol. The van der Waals surface area contributed by atoms with Crippen LogP contribution >= 0.6 is 0 Å². The molecule has 3 N–H and O–H groups in total. The van der Waals surface area contributed by atoms with E-state index in [-0.39, 0.29) is 6.61 Å². The number of primary amides is 1. The molecular formula is C22H22N4O5. The summed E-state index contributed by atoms with van der Waals surface area (Å²) in [6.07, 6.45) is 3.58. The molecule has 0 spiro atoms. The number of hydrogen-bond donors (Lipinski definition) is 2. The molecule has 0 atom stereocenters. The molecular weight excluding hydrogens is 400 g/mol. The molecule has 1 saturated carbocycles. The lowest BCUT2D eigenvalue weighted by Crippen LogP contribution is -2.43. The number of carbonyl (C=O) groups excluding carboxylic acids is 2. The Balaban J connectivity index is 1.53. The molecule has 9 heteroatoms. The lowest BCUT2D eigenvalue weighted by atomic mass is 10.1. The lowest BCUT2D eigenvalue weighted by Gasteiger charge is -2.25. The van der Waals surface area contributed by atoms with Gasteiger partial charge in [-0.15, -0.1) is 0 Å². The van der Waals surface area contributed by atoms with E-state index in [0.29, 0.717) is 24.3 Å². The topological polar surface area (TPSA) is 120 Å². The summed E-state index contributed by atoms with van der Waals surface area (Å²) in [5.41, 5.74) is 7.24. The fraction of sp³-hybridized carbons (Fsp3) is 0.227. The summed E-state index contributed by atoms with van der Waals surface area (Å²) in [6.45, 7) is 0.00652. The molecule has 0 saturated heterocycles. The number of benzene rings is 2. The summed E-state index contributed by atoms with van der Waals surface area (Å²) < 4.78 is 10.6. The maximum Gasteiger partial charge on any atom is 0.439 e. The van der Waals surface area contributed by atoms with Crippen LogP contribution in [0.3, 0.4) is 0 Å². The van der Waals surface area contributed by atoms with Gasteiger partial charge in [0.2, 0.25) is 0 Å². The van der Waals surface area contributed by atoms with Crippen molar-refractivity contribution in [3.05, 3.63) is 66.5 Å². The molecule has 1 fully saturated rings. The summed E-state index contributed by atoms with van der Waals surface area (Å²) in [7, 11) is 1.56. The van der Waals surface area contributed by atoms with Gasteiger partial charge in [-0.25, -0.2) is 9.63 Å². The number of nitrogens with two attached hydrogens (primary N) is 1. The predicted molar refractivity (Wildman–Crippen MR) is 112 cm³/mol. The number of nitrogens with one attached hydrogen (secondary N) is 1. The third-order valence-corrected chi connectivity index (χ3v) is 5.01. The Hall–Kier alpha value is -3.85. The summed E-state index contributed by atoms with van der Waals surface area (Å²) in [6, 6.07) is 14.2. The molecule has 0 bridgehead atoms. The number of hydroxylamine groups is 1. The number of aromatic amines is 1. The predicted octanol–water partition coefficient (Wildman–Crippen LogP) is 3.18. The maximum atomic E-state index is 12.9. The number of carbonyl (C=O) groups is 2. The monoisotopic (exact) mass is 422 g/mol. The number of amides is 2. The minimum absolute atomic E-state index is 0.00652. The van der Waals surface area contributed by atoms with E-state index in [0.717, 1.165) is 21.8 Å². The van der Waals surface area contributed by atoms with E-state index in [1.165, 1.54) is 0 Å². The molecule has 0 radical (unpaired) electrons. The Kier molecular flexibility index (Phi) is 5.59. The average Bonchev–Trinajstić information content (AvgIpc) is 3.39. The molecule has 9 nitrogen and oxygen atoms in total. The minimum Gasteiger partial charge on any atom is -0.497 e. The van der Waals surface area contributed by atoms with Gasteiger partial charge in [-0.2, -0.15) is 10.2 Å². The molecule has 3 aromatic rings. The van der Waals surface area contributed by atoms with Crippen LogP contribution in [0.15, 0.2) is 60.9 Å². The van der Waals surface area contributed by atoms with Crippen LogP contribution in [0.2, 0.25) is 0 Å². The number of aromatic nitrogens is 2. The molecule has 2 amide bonds. The largest absolute Gasteiger partial charge is 0.497 e. The number of nitrogens with zero attached hydrogens (tertiary/aromatic N) is 2. The molecule has 4 rings (SSSR count). The second kappa shape index (κ2) is 8.49. The highest BCUT2D eigenvalue weighted by molar-refractivity contribution is 5.90. The quantitative estimate of drug-likeness (QED) is 0.538. The number of H-pyrrole nitrogens is 1. The van der Waals surface area contributed by atoms with Crippen molar-refractivity contribution in [3.63, 3.8) is 0 Å². The third kappa shape index (κ3) is 4.51. The molecule has 0 unspecified atom stereocenters. The first-order chi connectivity index (χ1) is 15.0. The molecule has 0 aliphatic heterocycles. The van der Waals surface area contributed by atoms with Crippen LogP contribution in [0.1, 0.15) is 18.4 Å². The third-order valence-electron chi connectivity index (χ3n) is 5.01. The van der Waals surface area contributed by atoms with Crippen LogP contribution in [-0.4, -0.2) is 34.9 Å². The van der Waals surface area contributed by atoms with Gasteiger partial charge in [-0.3, -0.25) is 9.89 Å². The van der Waals surface area contributed by atoms with Gasteiger partial charge in [0.15, 0.2) is 5.60 Å². The first-order valence-corrected chi connectivity index (χ1v) is 9.69. The zero-order valence-corrected chi connectivity index (χ0v) is 16.9. The van der Waals surface area contributed by atoms with Gasteiger partial charge in [0.1, 0.15) is 12.4 Å². The van der Waals surface area contributed by atoms with Crippen molar-refractivity contribution in [2.24, 2.45) is 5.73 Å². The van der Waals surface area contributed by atoms with E-state index in [9.17, 15) is 9.59 Å². The van der Waals surface area contributed by atoms with Gasteiger partial charge >= 0.3 is 6.09 Å². The van der Waals surface area contributed by atoms with Gasteiger partial charge in [0, 0.05) is 11.8 Å². The standard InChI is InChI=1S/C22H22N4O5/c1-29-19-4-2-3-15(11-19)14-30-21(28)26(31-22(9-10-22)20(23)27)18-7-5-16(6-8-18)17-12-24-25-13-17/h2-8,11-13H,9-10,14H2,1H3,(H2,23,27)(H,24,25). The van der Waals surface area contributed by atoms with Crippen molar-refractivity contribution < 1.29 is 23.9 Å². The Morgan fingerprint density at radius 1 is 1.16 bits per heavy atom. The molecule has 1 aromatic heterocycles. The fourth-order valence-corrected chi connectivity index (χ4v) is 3.03. The van der Waals surface area contributed by atoms with Gasteiger partial charge in [0.25, 0.3) is 5.91 Å². The number of rotatable bonds is 8. The minimum atomic E-state index is -1.20. The van der Waals surface area contributed by atoms with Crippen molar-refractivity contribution in [2.45, 2.75) is 25.0 Å². The number of hydrogen-bond acceptors (Lipinski definition) is 6. The van der Waals surface area contributed by atoms with E-state index >= 15 is 0 Å². The molecule has 1 aliphatic rings. The Morgan fingerprint density at radius 3 is 2.55 bits per heavy atom. The van der Waals surface area contributed by atoms with Crippen LogP contribution < -0.4 is 15.5 Å². The van der Waals surface area contributed by atoms with E-state index in [1.54, 1.807) is 49.8 Å². The Labute approximate surface area is 178 Å². The first kappa shape index (κ1) is 20.4. The molecule has 160 valence electrons. The van der Waals surface area contributed by atoms with E-state index < -0.39 is 17.6 Å². The van der Waals surface area contributed by atoms with Crippen molar-refractivity contribution in [1.29, 1.82) is 0 Å². The second-order valence-electron chi connectivity index (χ2n) is 7.18. The maximum absolute atomic E-state index is 12.9. The van der Waals surface area contributed by atoms with Gasteiger partial charge in [-0.1, -0.05) is 24.3 Å². The van der Waals surface area contributed by atoms with Crippen molar-refractivity contribution in [3.8, 4) is 16.9 Å². The van der Waals surface area contributed by atoms with Crippen LogP contribution in [-0.2, 0) is 21.0 Å². The number of anilines is 1. The van der Waals surface area contributed by atoms with Crippen molar-refractivity contribution >= 4 is 17.7 Å². The van der Waals surface area contributed by atoms with Crippen LogP contribution in [0.5, 0.6) is 5.75 Å². The zero-order chi connectivity index (χ0) is 21.8. The Morgan fingerprint density at radius 2 is 1.94 bits per heavy atom. The summed E-state index contributed by atoms with van der Waals surface area (Å²) in [5.74, 6) is 0.0373. The van der Waals surface area contributed by atoms with Gasteiger partial charge in [-0.05, 0) is 48.2 Å². The lowest BCUT2D eigenvalue weighted by molar-refractivity contribution is -0.132. The van der Waals surface area contributed by atoms with Gasteiger partial charge in [0.05, 0.1) is 19.0 Å². The van der Waals surface area contributed by atoms with Crippen molar-refractivity contribution in [1.82, 2.24) is 10.2 Å². The normalized spacial score (nSPS) is 14.0. The van der Waals surface area contributed by atoms with Crippen LogP contribution in [0.25, 0.3) is 11.1 Å². The molecule has 1 heterocycles. The number of methoxy groups -OCH3 is 1. The summed E-state index contributed by atoms with van der Waals surface area (Å²) >= 11 is 0. The van der Waals surface area contributed by atoms with E-state index in [1.807, 2.05) is 18.2 Å². The zero-order valence-electron chi connectivity index (χ0n) is 16.9. The second-order valence-corrected chi connectivity index (χ2v) is 7.18. The first-order valence-electron chi connectivity index (χ1n) is 9.69. The SMILES string of the molecule is COc1cccc(COC(=O)N(OC2(C(N)=O)CC2)c2ccc(-c3cn[nH]c3)cc2)c1. The fourth-order valence-electron chi connectivity index (χ4n) is 3.03. The summed E-state index contributed by atoms with van der Waals surface area (Å²) in [4.78, 5) is 30.5. The molecule has 31 heavy (non-hydrogen) atoms. The van der Waals surface area contributed by atoms with Crippen LogP contribution in [0, 0.1) is 0 Å². The number of ether oxygens (including phenoxy) is 2. The van der Waals surface area contributed by atoms with E-state index in [2.05, 4.69) is 10.2 Å². The molecule has 1 aliphatic carbocycles.